The number of carbonyl (C=O) groups is 2. The number of fused-ring (bicyclic) bond motifs is 2. The van der Waals surface area contributed by atoms with Crippen LogP contribution in [-0.2, 0) is 16.1 Å². The monoisotopic (exact) mass is 549 g/mol. The summed E-state index contributed by atoms with van der Waals surface area (Å²) in [7, 11) is 2.93. The van der Waals surface area contributed by atoms with E-state index in [0.717, 1.165) is 0 Å². The second-order valence-corrected chi connectivity index (χ2v) is 9.27. The molecule has 1 amide bonds. The molecule has 1 saturated heterocycles. The van der Waals surface area contributed by atoms with E-state index in [1.807, 2.05) is 10.8 Å². The number of aliphatic hydroxyl groups excluding tert-OH is 1. The van der Waals surface area contributed by atoms with Crippen LogP contribution in [-0.4, -0.2) is 72.0 Å². The molecule has 1 aromatic heterocycles. The molecule has 0 unspecified atom stereocenters. The summed E-state index contributed by atoms with van der Waals surface area (Å²) >= 11 is 0. The summed E-state index contributed by atoms with van der Waals surface area (Å²) in [6.07, 6.45) is 5.69. The van der Waals surface area contributed by atoms with Gasteiger partial charge in [-0.2, -0.15) is 0 Å². The highest BCUT2D eigenvalue weighted by molar-refractivity contribution is 6.46. The van der Waals surface area contributed by atoms with Crippen molar-refractivity contribution in [2.75, 3.05) is 40.8 Å². The summed E-state index contributed by atoms with van der Waals surface area (Å²) in [4.78, 5) is 32.5. The maximum Gasteiger partial charge on any atom is 0.295 e. The minimum atomic E-state index is -1.01. The zero-order chi connectivity index (χ0) is 27.8. The average molecular weight is 550 g/mol. The Hall–Kier alpha value is -4.87. The van der Waals surface area contributed by atoms with Crippen LogP contribution < -0.4 is 28.4 Å². The van der Waals surface area contributed by atoms with Gasteiger partial charge in [-0.15, -0.1) is 0 Å². The molecule has 208 valence electrons. The van der Waals surface area contributed by atoms with Gasteiger partial charge in [0.2, 0.25) is 18.3 Å². The summed E-state index contributed by atoms with van der Waals surface area (Å²) < 4.78 is 35.7. The molecule has 12 heteroatoms. The standard InChI is InChI=1S/C28H27N3O9/c1-35-20-13-17(25(36-2)27-26(20)39-15-40-27)22-21(23(32)16-4-5-18-19(12-16)38-11-10-37-18)24(33)28(34)31(22)8-3-7-30-9-6-29-14-30/h4-6,9,12-14,22,32H,3,7-8,10-11,15H2,1-2H3/t22-/m1/s1. The highest BCUT2D eigenvalue weighted by Crippen LogP contribution is 2.54. The van der Waals surface area contributed by atoms with Crippen molar-refractivity contribution in [2.45, 2.75) is 19.0 Å². The van der Waals surface area contributed by atoms with E-state index in [9.17, 15) is 14.7 Å². The summed E-state index contributed by atoms with van der Waals surface area (Å²) in [5.74, 6) is 0.306. The smallest absolute Gasteiger partial charge is 0.295 e. The molecule has 6 rings (SSSR count). The number of hydrogen-bond donors (Lipinski definition) is 1. The lowest BCUT2D eigenvalue weighted by Gasteiger charge is -2.27. The number of nitrogens with zero attached hydrogens (tertiary/aromatic N) is 3. The number of carbonyl (C=O) groups excluding carboxylic acids is 2. The number of ketones is 1. The molecule has 0 bridgehead atoms. The minimum Gasteiger partial charge on any atom is -0.507 e. The van der Waals surface area contributed by atoms with Gasteiger partial charge in [-0.05, 0) is 30.7 Å². The van der Waals surface area contributed by atoms with E-state index in [1.165, 1.54) is 19.1 Å². The number of aryl methyl sites for hydroxylation is 1. The van der Waals surface area contributed by atoms with Crippen molar-refractivity contribution in [2.24, 2.45) is 0 Å². The molecule has 1 atom stereocenters. The number of hydrogen-bond acceptors (Lipinski definition) is 10. The number of ether oxygens (including phenoxy) is 6. The van der Waals surface area contributed by atoms with Crippen molar-refractivity contribution in [1.82, 2.24) is 14.5 Å². The molecule has 0 radical (unpaired) electrons. The Morgan fingerprint density at radius 3 is 2.58 bits per heavy atom. The molecule has 1 N–H and O–H groups in total. The van der Waals surface area contributed by atoms with E-state index >= 15 is 0 Å². The molecule has 40 heavy (non-hydrogen) atoms. The third-order valence-electron chi connectivity index (χ3n) is 7.04. The third-order valence-corrected chi connectivity index (χ3v) is 7.04. The van der Waals surface area contributed by atoms with E-state index < -0.39 is 17.7 Å². The van der Waals surface area contributed by atoms with E-state index in [-0.39, 0.29) is 30.4 Å². The quantitative estimate of drug-likeness (QED) is 0.254. The van der Waals surface area contributed by atoms with Crippen LogP contribution in [0.25, 0.3) is 5.76 Å². The van der Waals surface area contributed by atoms with Crippen molar-refractivity contribution in [3.8, 4) is 34.5 Å². The Balaban J connectivity index is 1.48. The maximum absolute atomic E-state index is 13.6. The summed E-state index contributed by atoms with van der Waals surface area (Å²) in [5.41, 5.74) is 0.616. The Labute approximate surface area is 229 Å². The number of imidazole rings is 1. The first-order chi connectivity index (χ1) is 19.5. The lowest BCUT2D eigenvalue weighted by Crippen LogP contribution is -2.31. The van der Waals surface area contributed by atoms with Crippen LogP contribution in [0.5, 0.6) is 34.5 Å². The van der Waals surface area contributed by atoms with Crippen LogP contribution in [0.1, 0.15) is 23.6 Å². The topological polar surface area (TPSA) is 131 Å². The number of amides is 1. The Morgan fingerprint density at radius 2 is 1.82 bits per heavy atom. The second-order valence-electron chi connectivity index (χ2n) is 9.27. The summed E-state index contributed by atoms with van der Waals surface area (Å²) in [6, 6.07) is 5.50. The fourth-order valence-electron chi connectivity index (χ4n) is 5.22. The minimum absolute atomic E-state index is 0.0478. The molecule has 0 spiro atoms. The molecule has 3 aliphatic heterocycles. The number of Topliss-reactive ketones (excluding diaryl/α,β-unsaturated/α-hetero) is 1. The Bertz CT molecular complexity index is 1500. The number of aliphatic hydroxyl groups is 1. The number of aromatic nitrogens is 2. The summed E-state index contributed by atoms with van der Waals surface area (Å²) in [5, 5.41) is 11.6. The number of methoxy groups -OCH3 is 2. The molecule has 4 heterocycles. The lowest BCUT2D eigenvalue weighted by atomic mass is 9.93. The highest BCUT2D eigenvalue weighted by Gasteiger charge is 2.48. The van der Waals surface area contributed by atoms with Gasteiger partial charge in [-0.1, -0.05) is 0 Å². The number of rotatable bonds is 8. The molecule has 12 nitrogen and oxygen atoms in total. The van der Waals surface area contributed by atoms with Gasteiger partial charge < -0.3 is 43.0 Å². The Morgan fingerprint density at radius 1 is 1.02 bits per heavy atom. The Kier molecular flexibility index (Phi) is 6.58. The fraction of sp³-hybridized carbons (Fsp3) is 0.321. The van der Waals surface area contributed by atoms with Gasteiger partial charge in [0.25, 0.3) is 11.7 Å². The third kappa shape index (κ3) is 4.21. The first kappa shape index (κ1) is 25.4. The highest BCUT2D eigenvalue weighted by atomic mass is 16.7. The van der Waals surface area contributed by atoms with Gasteiger partial charge in [-0.3, -0.25) is 9.59 Å². The van der Waals surface area contributed by atoms with Crippen molar-refractivity contribution in [3.05, 3.63) is 59.7 Å². The normalized spacial score (nSPS) is 18.8. The van der Waals surface area contributed by atoms with Crippen molar-refractivity contribution < 1.29 is 43.1 Å². The predicted octanol–water partition coefficient (Wildman–Crippen LogP) is 2.91. The molecule has 3 aliphatic rings. The molecular weight excluding hydrogens is 522 g/mol. The van der Waals surface area contributed by atoms with E-state index in [4.69, 9.17) is 28.4 Å². The van der Waals surface area contributed by atoms with E-state index in [2.05, 4.69) is 4.98 Å². The molecule has 3 aromatic rings. The van der Waals surface area contributed by atoms with Gasteiger partial charge in [0.15, 0.2) is 23.0 Å². The fourth-order valence-corrected chi connectivity index (χ4v) is 5.22. The van der Waals surface area contributed by atoms with Gasteiger partial charge in [-0.25, -0.2) is 4.98 Å². The van der Waals surface area contributed by atoms with E-state index in [1.54, 1.807) is 36.8 Å². The van der Waals surface area contributed by atoms with E-state index in [0.29, 0.717) is 66.1 Å². The van der Waals surface area contributed by atoms with Gasteiger partial charge in [0.05, 0.1) is 32.2 Å². The largest absolute Gasteiger partial charge is 0.507 e. The zero-order valence-corrected chi connectivity index (χ0v) is 21.9. The second kappa shape index (κ2) is 10.4. The van der Waals surface area contributed by atoms with Gasteiger partial charge in [0, 0.05) is 36.6 Å². The zero-order valence-electron chi connectivity index (χ0n) is 21.9. The molecule has 0 saturated carbocycles. The van der Waals surface area contributed by atoms with Crippen molar-refractivity contribution in [1.29, 1.82) is 0 Å². The van der Waals surface area contributed by atoms with Crippen LogP contribution in [0.3, 0.4) is 0 Å². The van der Waals surface area contributed by atoms with Crippen LogP contribution in [0.15, 0.2) is 48.6 Å². The van der Waals surface area contributed by atoms with Crippen molar-refractivity contribution in [3.63, 3.8) is 0 Å². The molecule has 0 aliphatic carbocycles. The van der Waals surface area contributed by atoms with Crippen LogP contribution in [0.4, 0.5) is 0 Å². The lowest BCUT2D eigenvalue weighted by molar-refractivity contribution is -0.140. The predicted molar refractivity (Wildman–Crippen MR) is 139 cm³/mol. The van der Waals surface area contributed by atoms with Crippen LogP contribution in [0, 0.1) is 0 Å². The molecular formula is C28H27N3O9. The number of likely N-dealkylation sites (tertiary alicyclic amines) is 1. The van der Waals surface area contributed by atoms with Gasteiger partial charge >= 0.3 is 0 Å². The summed E-state index contributed by atoms with van der Waals surface area (Å²) in [6.45, 7) is 1.50. The number of benzene rings is 2. The molecule has 2 aromatic carbocycles. The average Bonchev–Trinajstić information content (AvgIpc) is 3.73. The van der Waals surface area contributed by atoms with Crippen LogP contribution in [0.2, 0.25) is 0 Å². The first-order valence-corrected chi connectivity index (χ1v) is 12.7. The van der Waals surface area contributed by atoms with Gasteiger partial charge in [0.1, 0.15) is 19.0 Å². The van der Waals surface area contributed by atoms with Crippen LogP contribution >= 0.6 is 0 Å². The first-order valence-electron chi connectivity index (χ1n) is 12.7. The van der Waals surface area contributed by atoms with Crippen molar-refractivity contribution >= 4 is 17.4 Å². The SMILES string of the molecule is COc1cc([C@@H]2C(=C(O)c3ccc4c(c3)OCCO4)C(=O)C(=O)N2CCCn2ccnc2)c(OC)c2c1OCO2. The maximum atomic E-state index is 13.6. The molecule has 1 fully saturated rings.